The maximum absolute atomic E-state index is 12.9. The number of aromatic amines is 1. The third-order valence-electron chi connectivity index (χ3n) is 6.24. The van der Waals surface area contributed by atoms with Crippen molar-refractivity contribution in [2.45, 2.75) is 18.8 Å². The lowest BCUT2D eigenvalue weighted by Crippen LogP contribution is -2.64. The van der Waals surface area contributed by atoms with Crippen molar-refractivity contribution in [1.29, 1.82) is 0 Å². The van der Waals surface area contributed by atoms with Crippen LogP contribution >= 0.6 is 11.3 Å². The molecule has 4 heterocycles. The smallest absolute Gasteiger partial charge is 0.335 e. The summed E-state index contributed by atoms with van der Waals surface area (Å²) >= 11 is 1.32. The molecule has 2 aliphatic rings. The molecule has 2 aliphatic heterocycles. The number of carbonyl (C=O) groups excluding carboxylic acids is 2. The van der Waals surface area contributed by atoms with Gasteiger partial charge in [-0.15, -0.1) is 11.3 Å². The third-order valence-corrected chi connectivity index (χ3v) is 7.00. The average Bonchev–Trinajstić information content (AvgIpc) is 3.40. The van der Waals surface area contributed by atoms with Crippen molar-refractivity contribution < 1.29 is 22.8 Å². The molecule has 1 aromatic carbocycles. The number of imidazole rings is 1. The number of amides is 2. The Balaban J connectivity index is 1.18. The number of carbonyl (C=O) groups is 2. The minimum Gasteiger partial charge on any atom is -0.335 e. The summed E-state index contributed by atoms with van der Waals surface area (Å²) < 4.78 is 38.9. The summed E-state index contributed by atoms with van der Waals surface area (Å²) in [4.78, 5) is 49.4. The number of piperazine rings is 1. The lowest BCUT2D eigenvalue weighted by atomic mass is 10.0. The predicted molar refractivity (Wildman–Crippen MR) is 118 cm³/mol. The van der Waals surface area contributed by atoms with Crippen molar-refractivity contribution in [1.82, 2.24) is 29.2 Å². The number of aromatic nitrogens is 3. The van der Waals surface area contributed by atoms with E-state index in [1.54, 1.807) is 21.4 Å². The largest absolute Gasteiger partial charge is 0.406 e. The number of likely N-dealkylation sites (tertiary alicyclic amines) is 1. The van der Waals surface area contributed by atoms with Gasteiger partial charge >= 0.3 is 11.9 Å². The van der Waals surface area contributed by atoms with Crippen LogP contribution in [0.4, 0.5) is 13.2 Å². The molecular weight excluding hydrogens is 473 g/mol. The Hall–Kier alpha value is -3.19. The van der Waals surface area contributed by atoms with Crippen LogP contribution in [0, 0.1) is 0 Å². The summed E-state index contributed by atoms with van der Waals surface area (Å²) in [6, 6.07) is 4.42. The van der Waals surface area contributed by atoms with Crippen LogP contribution in [0.15, 0.2) is 34.6 Å². The molecular formula is C21H21F3N6O3S. The Morgan fingerprint density at radius 2 is 1.82 bits per heavy atom. The molecule has 0 saturated carbocycles. The Morgan fingerprint density at radius 3 is 2.47 bits per heavy atom. The highest BCUT2D eigenvalue weighted by Gasteiger charge is 2.37. The molecule has 2 fully saturated rings. The lowest BCUT2D eigenvalue weighted by molar-refractivity contribution is -0.140. The van der Waals surface area contributed by atoms with Gasteiger partial charge in [0.15, 0.2) is 5.01 Å². The van der Waals surface area contributed by atoms with E-state index in [1.807, 2.05) is 0 Å². The molecule has 0 spiro atoms. The molecule has 2 saturated heterocycles. The van der Waals surface area contributed by atoms with E-state index in [2.05, 4.69) is 14.9 Å². The lowest BCUT2D eigenvalue weighted by Gasteiger charge is -2.48. The summed E-state index contributed by atoms with van der Waals surface area (Å²) in [5.41, 5.74) is -0.262. The molecule has 2 aromatic heterocycles. The van der Waals surface area contributed by atoms with Gasteiger partial charge in [-0.1, -0.05) is 0 Å². The van der Waals surface area contributed by atoms with Crippen LogP contribution in [-0.2, 0) is 6.54 Å². The van der Waals surface area contributed by atoms with E-state index in [-0.39, 0.29) is 28.9 Å². The Morgan fingerprint density at radius 1 is 1.09 bits per heavy atom. The predicted octanol–water partition coefficient (Wildman–Crippen LogP) is 1.63. The van der Waals surface area contributed by atoms with E-state index in [4.69, 9.17) is 0 Å². The van der Waals surface area contributed by atoms with Crippen LogP contribution in [0.25, 0.3) is 11.0 Å². The van der Waals surface area contributed by atoms with Crippen molar-refractivity contribution in [2.75, 3.05) is 39.3 Å². The fraction of sp³-hybridized carbons (Fsp3) is 0.429. The molecule has 0 unspecified atom stereocenters. The first-order chi connectivity index (χ1) is 16.2. The zero-order valence-electron chi connectivity index (χ0n) is 17.9. The fourth-order valence-corrected chi connectivity index (χ4v) is 5.02. The quantitative estimate of drug-likeness (QED) is 0.595. The van der Waals surface area contributed by atoms with Gasteiger partial charge in [0, 0.05) is 62.5 Å². The standard InChI is InChI=1S/C21H21F3N6O3S/c22-21(23,24)12-30-16-2-1-13(9-15(16)26-20(30)33)18(31)29-10-14(11-29)27-4-6-28(7-5-27)19(32)17-25-3-8-34-17/h1-3,8-9,14H,4-7,10-12H2,(H,26,33). The second-order valence-electron chi connectivity index (χ2n) is 8.39. The van der Waals surface area contributed by atoms with Crippen molar-refractivity contribution in [2.24, 2.45) is 0 Å². The maximum atomic E-state index is 12.9. The van der Waals surface area contributed by atoms with Crippen molar-refractivity contribution in [3.05, 3.63) is 50.8 Å². The van der Waals surface area contributed by atoms with Crippen LogP contribution in [0.5, 0.6) is 0 Å². The highest BCUT2D eigenvalue weighted by molar-refractivity contribution is 7.11. The zero-order valence-corrected chi connectivity index (χ0v) is 18.7. The minimum atomic E-state index is -4.53. The highest BCUT2D eigenvalue weighted by Crippen LogP contribution is 2.23. The molecule has 2 amide bonds. The van der Waals surface area contributed by atoms with Crippen LogP contribution in [0.3, 0.4) is 0 Å². The van der Waals surface area contributed by atoms with E-state index in [9.17, 15) is 27.6 Å². The first-order valence-corrected chi connectivity index (χ1v) is 11.6. The van der Waals surface area contributed by atoms with E-state index in [0.717, 1.165) is 0 Å². The van der Waals surface area contributed by atoms with E-state index in [0.29, 0.717) is 54.4 Å². The number of rotatable bonds is 4. The van der Waals surface area contributed by atoms with Gasteiger partial charge in [-0.3, -0.25) is 19.1 Å². The van der Waals surface area contributed by atoms with Crippen molar-refractivity contribution in [3.63, 3.8) is 0 Å². The average molecular weight is 494 g/mol. The molecule has 0 bridgehead atoms. The molecule has 5 rings (SSSR count). The monoisotopic (exact) mass is 494 g/mol. The molecule has 0 atom stereocenters. The molecule has 180 valence electrons. The van der Waals surface area contributed by atoms with E-state index >= 15 is 0 Å². The van der Waals surface area contributed by atoms with Crippen LogP contribution in [0.1, 0.15) is 20.2 Å². The molecule has 0 radical (unpaired) electrons. The second kappa shape index (κ2) is 8.55. The number of H-pyrrole nitrogens is 1. The highest BCUT2D eigenvalue weighted by atomic mass is 32.1. The summed E-state index contributed by atoms with van der Waals surface area (Å²) in [7, 11) is 0. The van der Waals surface area contributed by atoms with Gasteiger partial charge in [0.25, 0.3) is 11.8 Å². The number of halogens is 3. The summed E-state index contributed by atoms with van der Waals surface area (Å²) in [5.74, 6) is -0.294. The van der Waals surface area contributed by atoms with E-state index in [1.165, 1.54) is 29.5 Å². The third kappa shape index (κ3) is 4.32. The summed E-state index contributed by atoms with van der Waals surface area (Å²) in [6.45, 7) is 2.29. The van der Waals surface area contributed by atoms with Crippen LogP contribution < -0.4 is 5.69 Å². The number of hydrogen-bond acceptors (Lipinski definition) is 6. The van der Waals surface area contributed by atoms with Gasteiger partial charge in [-0.2, -0.15) is 13.2 Å². The Kier molecular flexibility index (Phi) is 5.68. The number of hydrogen-bond donors (Lipinski definition) is 1. The molecule has 1 N–H and O–H groups in total. The molecule has 0 aliphatic carbocycles. The first-order valence-electron chi connectivity index (χ1n) is 10.7. The molecule has 3 aromatic rings. The normalized spacial score (nSPS) is 17.9. The van der Waals surface area contributed by atoms with Crippen LogP contribution in [-0.4, -0.2) is 92.5 Å². The second-order valence-corrected chi connectivity index (χ2v) is 9.29. The first kappa shape index (κ1) is 22.6. The summed E-state index contributed by atoms with van der Waals surface area (Å²) in [5, 5.41) is 2.26. The number of alkyl halides is 3. The fourth-order valence-electron chi connectivity index (χ4n) is 4.42. The minimum absolute atomic E-state index is 0.0578. The number of fused-ring (bicyclic) bond motifs is 1. The van der Waals surface area contributed by atoms with Gasteiger partial charge in [-0.05, 0) is 18.2 Å². The number of nitrogens with one attached hydrogen (secondary N) is 1. The van der Waals surface area contributed by atoms with Crippen molar-refractivity contribution >= 4 is 34.2 Å². The molecule has 34 heavy (non-hydrogen) atoms. The van der Waals surface area contributed by atoms with Crippen LogP contribution in [0.2, 0.25) is 0 Å². The van der Waals surface area contributed by atoms with Gasteiger partial charge in [0.1, 0.15) is 6.54 Å². The van der Waals surface area contributed by atoms with Gasteiger partial charge < -0.3 is 14.8 Å². The van der Waals surface area contributed by atoms with Gasteiger partial charge in [0.05, 0.1) is 11.0 Å². The zero-order chi connectivity index (χ0) is 24.0. The number of thiazole rings is 1. The summed E-state index contributed by atoms with van der Waals surface area (Å²) in [6.07, 6.45) is -2.92. The van der Waals surface area contributed by atoms with Crippen molar-refractivity contribution in [3.8, 4) is 0 Å². The topological polar surface area (TPSA) is 94.5 Å². The van der Waals surface area contributed by atoms with E-state index < -0.39 is 18.4 Å². The molecule has 9 nitrogen and oxygen atoms in total. The Bertz CT molecular complexity index is 1270. The maximum Gasteiger partial charge on any atom is 0.406 e. The SMILES string of the molecule is O=C(c1ccc2c(c1)[nH]c(=O)n2CC(F)(F)F)N1CC(N2CCN(C(=O)c3nccs3)CC2)C1. The Labute approximate surface area is 195 Å². The van der Waals surface area contributed by atoms with Gasteiger partial charge in [0.2, 0.25) is 0 Å². The van der Waals surface area contributed by atoms with Gasteiger partial charge in [-0.25, -0.2) is 9.78 Å². The number of nitrogens with zero attached hydrogens (tertiary/aromatic N) is 5. The number of benzene rings is 1. The molecule has 13 heteroatoms.